The quantitative estimate of drug-likeness (QED) is 0.602. The number of ketones is 1. The fourth-order valence-electron chi connectivity index (χ4n) is 4.01. The van der Waals surface area contributed by atoms with E-state index in [2.05, 4.69) is 20.8 Å². The van der Waals surface area contributed by atoms with E-state index in [0.717, 1.165) is 30.3 Å². The molecular formula is C18H20O2. The van der Waals surface area contributed by atoms with Crippen LogP contribution in [0.15, 0.2) is 29.8 Å². The molecule has 2 nitrogen and oxygen atoms in total. The third-order valence-electron chi connectivity index (χ3n) is 5.80. The van der Waals surface area contributed by atoms with Crippen LogP contribution in [0.3, 0.4) is 0 Å². The maximum atomic E-state index is 12.8. The van der Waals surface area contributed by atoms with Gasteiger partial charge in [0.25, 0.3) is 0 Å². The van der Waals surface area contributed by atoms with Crippen molar-refractivity contribution in [3.63, 3.8) is 0 Å². The molecule has 104 valence electrons. The summed E-state index contributed by atoms with van der Waals surface area (Å²) >= 11 is 0. The molecule has 2 aliphatic carbocycles. The highest BCUT2D eigenvalue weighted by molar-refractivity contribution is 6.08. The number of Topliss-reactive ketones (excluding diaryl/α,β-unsaturated/α-hetero) is 1. The number of hydrogen-bond acceptors (Lipinski definition) is 2. The van der Waals surface area contributed by atoms with E-state index in [4.69, 9.17) is 0 Å². The average molecular weight is 268 g/mol. The molecule has 20 heavy (non-hydrogen) atoms. The molecule has 2 aliphatic rings. The van der Waals surface area contributed by atoms with Gasteiger partial charge in [0.05, 0.1) is 0 Å². The fourth-order valence-corrected chi connectivity index (χ4v) is 4.01. The first kappa shape index (κ1) is 13.3. The molecule has 0 heterocycles. The van der Waals surface area contributed by atoms with Crippen LogP contribution in [0, 0.1) is 16.7 Å². The fraction of sp³-hybridized carbons (Fsp3) is 0.444. The summed E-state index contributed by atoms with van der Waals surface area (Å²) in [5, 5.41) is 0. The van der Waals surface area contributed by atoms with Gasteiger partial charge in [0.2, 0.25) is 0 Å². The molecule has 2 unspecified atom stereocenters. The second-order valence-electron chi connectivity index (χ2n) is 6.82. The van der Waals surface area contributed by atoms with Crippen molar-refractivity contribution in [3.8, 4) is 0 Å². The van der Waals surface area contributed by atoms with E-state index in [1.165, 1.54) is 0 Å². The van der Waals surface area contributed by atoms with Crippen LogP contribution in [0.5, 0.6) is 0 Å². The third kappa shape index (κ3) is 1.51. The maximum absolute atomic E-state index is 12.8. The number of hydrogen-bond donors (Lipinski definition) is 0. The normalized spacial score (nSPS) is 32.9. The van der Waals surface area contributed by atoms with Crippen molar-refractivity contribution in [2.24, 2.45) is 16.7 Å². The van der Waals surface area contributed by atoms with Crippen LogP contribution in [0.25, 0.3) is 6.08 Å². The Morgan fingerprint density at radius 1 is 1.15 bits per heavy atom. The summed E-state index contributed by atoms with van der Waals surface area (Å²) in [4.78, 5) is 23.9. The van der Waals surface area contributed by atoms with E-state index in [1.54, 1.807) is 6.07 Å². The van der Waals surface area contributed by atoms with Crippen molar-refractivity contribution in [2.75, 3.05) is 0 Å². The van der Waals surface area contributed by atoms with Crippen LogP contribution < -0.4 is 0 Å². The summed E-state index contributed by atoms with van der Waals surface area (Å²) in [5.74, 6) is 0.596. The van der Waals surface area contributed by atoms with Crippen LogP contribution in [-0.2, 0) is 4.79 Å². The van der Waals surface area contributed by atoms with Crippen molar-refractivity contribution in [1.29, 1.82) is 0 Å². The Balaban J connectivity index is 2.11. The van der Waals surface area contributed by atoms with E-state index in [9.17, 15) is 9.59 Å². The second kappa shape index (κ2) is 4.15. The zero-order valence-electron chi connectivity index (χ0n) is 12.3. The number of rotatable bonds is 2. The first-order valence-corrected chi connectivity index (χ1v) is 7.22. The van der Waals surface area contributed by atoms with Crippen molar-refractivity contribution < 1.29 is 9.59 Å². The number of benzene rings is 1. The van der Waals surface area contributed by atoms with Crippen LogP contribution >= 0.6 is 0 Å². The van der Waals surface area contributed by atoms with Gasteiger partial charge in [-0.2, -0.15) is 0 Å². The number of carbonyl (C=O) groups excluding carboxylic acids is 2. The first-order valence-electron chi connectivity index (χ1n) is 7.22. The van der Waals surface area contributed by atoms with Gasteiger partial charge in [-0.15, -0.1) is 0 Å². The third-order valence-corrected chi connectivity index (χ3v) is 5.80. The Morgan fingerprint density at radius 2 is 1.80 bits per heavy atom. The summed E-state index contributed by atoms with van der Waals surface area (Å²) in [5.41, 5.74) is 2.21. The molecule has 0 aliphatic heterocycles. The standard InChI is InChI=1S/C18H20O2/c1-17(2)15-8-9-18(17,3)16(20)14(15)10-12-6-4-5-7-13(12)11-19/h4-7,10-11,15H,8-9H2,1-3H3/b14-10-. The second-order valence-corrected chi connectivity index (χ2v) is 6.82. The molecule has 2 fully saturated rings. The largest absolute Gasteiger partial charge is 0.298 e. The summed E-state index contributed by atoms with van der Waals surface area (Å²) in [7, 11) is 0. The molecule has 2 saturated carbocycles. The molecule has 0 N–H and O–H groups in total. The van der Waals surface area contributed by atoms with Crippen molar-refractivity contribution >= 4 is 18.1 Å². The minimum Gasteiger partial charge on any atom is -0.298 e. The summed E-state index contributed by atoms with van der Waals surface area (Å²) in [6, 6.07) is 7.46. The van der Waals surface area contributed by atoms with Gasteiger partial charge >= 0.3 is 0 Å². The summed E-state index contributed by atoms with van der Waals surface area (Å²) in [6.45, 7) is 6.51. The molecule has 2 atom stereocenters. The summed E-state index contributed by atoms with van der Waals surface area (Å²) in [6.07, 6.45) is 4.86. The molecule has 0 aromatic heterocycles. The topological polar surface area (TPSA) is 34.1 Å². The molecule has 0 amide bonds. The lowest BCUT2D eigenvalue weighted by molar-refractivity contribution is -0.125. The predicted molar refractivity (Wildman–Crippen MR) is 79.4 cm³/mol. The van der Waals surface area contributed by atoms with Gasteiger partial charge in [0, 0.05) is 11.0 Å². The number of carbonyl (C=O) groups is 2. The van der Waals surface area contributed by atoms with E-state index < -0.39 is 0 Å². The number of allylic oxidation sites excluding steroid dienone is 1. The van der Waals surface area contributed by atoms with Gasteiger partial charge in [-0.25, -0.2) is 0 Å². The van der Waals surface area contributed by atoms with E-state index >= 15 is 0 Å². The van der Waals surface area contributed by atoms with E-state index in [0.29, 0.717) is 11.5 Å². The lowest BCUT2D eigenvalue weighted by Gasteiger charge is -2.31. The van der Waals surface area contributed by atoms with Gasteiger partial charge in [0.15, 0.2) is 12.1 Å². The molecule has 3 rings (SSSR count). The predicted octanol–water partition coefficient (Wildman–Crippen LogP) is 3.91. The highest BCUT2D eigenvalue weighted by Gasteiger charge is 2.63. The Kier molecular flexibility index (Phi) is 2.75. The highest BCUT2D eigenvalue weighted by Crippen LogP contribution is 2.65. The van der Waals surface area contributed by atoms with Crippen molar-refractivity contribution in [3.05, 3.63) is 41.0 Å². The first-order chi connectivity index (χ1) is 9.41. The maximum Gasteiger partial charge on any atom is 0.165 e. The smallest absolute Gasteiger partial charge is 0.165 e. The Hall–Kier alpha value is -1.70. The molecule has 0 saturated heterocycles. The molecule has 2 bridgehead atoms. The molecule has 0 radical (unpaired) electrons. The molecular weight excluding hydrogens is 248 g/mol. The van der Waals surface area contributed by atoms with Crippen molar-refractivity contribution in [1.82, 2.24) is 0 Å². The van der Waals surface area contributed by atoms with Gasteiger partial charge in [-0.3, -0.25) is 9.59 Å². The average Bonchev–Trinajstić information content (AvgIpc) is 2.74. The number of aldehydes is 1. The van der Waals surface area contributed by atoms with Gasteiger partial charge < -0.3 is 0 Å². The molecule has 0 spiro atoms. The minimum atomic E-state index is -0.236. The van der Waals surface area contributed by atoms with Crippen LogP contribution in [0.2, 0.25) is 0 Å². The zero-order chi connectivity index (χ0) is 14.5. The SMILES string of the molecule is CC12CCC(/C(=C/c3ccccc3C=O)C1=O)C2(C)C. The highest BCUT2D eigenvalue weighted by atomic mass is 16.1. The monoisotopic (exact) mass is 268 g/mol. The molecule has 1 aromatic rings. The van der Waals surface area contributed by atoms with Gasteiger partial charge in [-0.1, -0.05) is 45.0 Å². The Bertz CT molecular complexity index is 624. The van der Waals surface area contributed by atoms with E-state index in [1.807, 2.05) is 24.3 Å². The van der Waals surface area contributed by atoms with Gasteiger partial charge in [0.1, 0.15) is 0 Å². The zero-order valence-corrected chi connectivity index (χ0v) is 12.3. The van der Waals surface area contributed by atoms with E-state index in [-0.39, 0.29) is 16.6 Å². The number of fused-ring (bicyclic) bond motifs is 2. The van der Waals surface area contributed by atoms with Crippen LogP contribution in [0.1, 0.15) is 49.5 Å². The Labute approximate surface area is 119 Å². The van der Waals surface area contributed by atoms with Crippen molar-refractivity contribution in [2.45, 2.75) is 33.6 Å². The van der Waals surface area contributed by atoms with Gasteiger partial charge in [-0.05, 0) is 41.4 Å². The molecule has 1 aromatic carbocycles. The van der Waals surface area contributed by atoms with Crippen LogP contribution in [-0.4, -0.2) is 12.1 Å². The Morgan fingerprint density at radius 3 is 2.35 bits per heavy atom. The lowest BCUT2D eigenvalue weighted by atomic mass is 9.70. The summed E-state index contributed by atoms with van der Waals surface area (Å²) < 4.78 is 0. The molecule has 2 heteroatoms. The minimum absolute atomic E-state index is 0.0199. The van der Waals surface area contributed by atoms with Crippen LogP contribution in [0.4, 0.5) is 0 Å². The lowest BCUT2D eigenvalue weighted by Crippen LogP contribution is -2.32.